The van der Waals surface area contributed by atoms with Gasteiger partial charge in [-0.3, -0.25) is 9.69 Å². The lowest BCUT2D eigenvalue weighted by atomic mass is 9.84. The minimum atomic E-state index is 0.231. The predicted octanol–water partition coefficient (Wildman–Crippen LogP) is 4.57. The molecule has 1 aliphatic carbocycles. The molecule has 0 radical (unpaired) electrons. The summed E-state index contributed by atoms with van der Waals surface area (Å²) in [7, 11) is 0. The summed E-state index contributed by atoms with van der Waals surface area (Å²) in [6.07, 6.45) is 7.64. The Hall–Kier alpha value is -2.64. The number of benzene rings is 1. The largest absolute Gasteiger partial charge is 0.378 e. The Balaban J connectivity index is 1.14. The van der Waals surface area contributed by atoms with Crippen molar-refractivity contribution in [3.8, 4) is 11.1 Å². The highest BCUT2D eigenvalue weighted by molar-refractivity contribution is 5.76. The maximum atomic E-state index is 11.9. The molecule has 1 saturated carbocycles. The molecule has 2 aromatic rings. The number of anilines is 2. The predicted molar refractivity (Wildman–Crippen MR) is 155 cm³/mol. The van der Waals surface area contributed by atoms with Crippen molar-refractivity contribution >= 4 is 17.5 Å². The third-order valence-electron chi connectivity index (χ3n) is 8.48. The summed E-state index contributed by atoms with van der Waals surface area (Å²) in [5, 5.41) is 3.24. The fraction of sp³-hybridized carbons (Fsp3) is 0.613. The average Bonchev–Trinajstić information content (AvgIpc) is 2.98. The number of nitrogens with one attached hydrogen (secondary N) is 1. The smallest absolute Gasteiger partial charge is 0.220 e. The fourth-order valence-corrected chi connectivity index (χ4v) is 6.10. The Morgan fingerprint density at radius 2 is 1.55 bits per heavy atom. The van der Waals surface area contributed by atoms with Gasteiger partial charge >= 0.3 is 0 Å². The van der Waals surface area contributed by atoms with E-state index in [2.05, 4.69) is 69.4 Å². The van der Waals surface area contributed by atoms with Gasteiger partial charge in [0.1, 0.15) is 11.6 Å². The first-order valence-corrected chi connectivity index (χ1v) is 14.8. The summed E-state index contributed by atoms with van der Waals surface area (Å²) in [5.41, 5.74) is 2.48. The van der Waals surface area contributed by atoms with E-state index in [1.165, 1.54) is 36.9 Å². The number of carbonyl (C=O) groups excluding carboxylic acids is 1. The lowest BCUT2D eigenvalue weighted by molar-refractivity contribution is -0.122. The summed E-state index contributed by atoms with van der Waals surface area (Å²) in [5.74, 6) is 3.19. The average molecular weight is 520 g/mol. The SMILES string of the molecule is CCCC(=O)NC1CCC(CCN2CCN(c3cc(-c4ccccc4)cc(N4CCOCC4)n3)CC2)CC1. The second kappa shape index (κ2) is 13.4. The Labute approximate surface area is 228 Å². The zero-order valence-corrected chi connectivity index (χ0v) is 23.1. The second-order valence-electron chi connectivity index (χ2n) is 11.2. The van der Waals surface area contributed by atoms with Gasteiger partial charge in [0.15, 0.2) is 0 Å². The fourth-order valence-electron chi connectivity index (χ4n) is 6.10. The van der Waals surface area contributed by atoms with E-state index in [0.29, 0.717) is 12.5 Å². The van der Waals surface area contributed by atoms with Crippen molar-refractivity contribution in [1.82, 2.24) is 15.2 Å². The normalized spacial score (nSPS) is 22.9. The van der Waals surface area contributed by atoms with Crippen LogP contribution in [0.5, 0.6) is 0 Å². The molecule has 7 nitrogen and oxygen atoms in total. The third-order valence-corrected chi connectivity index (χ3v) is 8.48. The highest BCUT2D eigenvalue weighted by atomic mass is 16.5. The van der Waals surface area contributed by atoms with E-state index >= 15 is 0 Å². The molecule has 1 aromatic heterocycles. The number of hydrogen-bond acceptors (Lipinski definition) is 6. The number of hydrogen-bond donors (Lipinski definition) is 1. The Morgan fingerprint density at radius 3 is 2.21 bits per heavy atom. The van der Waals surface area contributed by atoms with Crippen LogP contribution in [0.25, 0.3) is 11.1 Å². The zero-order valence-electron chi connectivity index (χ0n) is 23.1. The number of pyridine rings is 1. The number of carbonyl (C=O) groups is 1. The molecule has 3 heterocycles. The van der Waals surface area contributed by atoms with Crippen molar-refractivity contribution in [3.05, 3.63) is 42.5 Å². The molecule has 206 valence electrons. The van der Waals surface area contributed by atoms with Crippen LogP contribution in [-0.2, 0) is 9.53 Å². The number of nitrogens with zero attached hydrogens (tertiary/aromatic N) is 4. The zero-order chi connectivity index (χ0) is 26.2. The molecular weight excluding hydrogens is 474 g/mol. The lowest BCUT2D eigenvalue weighted by Gasteiger charge is -2.37. The van der Waals surface area contributed by atoms with Crippen LogP contribution in [0.1, 0.15) is 51.9 Å². The topological polar surface area (TPSA) is 60.9 Å². The molecule has 2 saturated heterocycles. The second-order valence-corrected chi connectivity index (χ2v) is 11.2. The molecule has 0 atom stereocenters. The number of amides is 1. The first kappa shape index (κ1) is 26.9. The third kappa shape index (κ3) is 7.26. The summed E-state index contributed by atoms with van der Waals surface area (Å²) in [6, 6.07) is 15.6. The van der Waals surface area contributed by atoms with Gasteiger partial charge < -0.3 is 19.9 Å². The quantitative estimate of drug-likeness (QED) is 0.524. The lowest BCUT2D eigenvalue weighted by Crippen LogP contribution is -2.47. The number of rotatable bonds is 9. The van der Waals surface area contributed by atoms with Gasteiger partial charge in [0.05, 0.1) is 13.2 Å². The van der Waals surface area contributed by atoms with Crippen molar-refractivity contribution in [1.29, 1.82) is 0 Å². The molecule has 1 N–H and O–H groups in total. The van der Waals surface area contributed by atoms with E-state index in [1.54, 1.807) is 0 Å². The molecule has 3 aliphatic rings. The van der Waals surface area contributed by atoms with Crippen molar-refractivity contribution in [2.24, 2.45) is 5.92 Å². The van der Waals surface area contributed by atoms with Gasteiger partial charge in [0.2, 0.25) is 5.91 Å². The Bertz CT molecular complexity index is 1010. The van der Waals surface area contributed by atoms with Crippen molar-refractivity contribution < 1.29 is 9.53 Å². The van der Waals surface area contributed by atoms with Crippen LogP contribution in [0, 0.1) is 5.92 Å². The van der Waals surface area contributed by atoms with Crippen molar-refractivity contribution in [2.45, 2.75) is 57.9 Å². The van der Waals surface area contributed by atoms with Crippen molar-refractivity contribution in [3.63, 3.8) is 0 Å². The number of morpholine rings is 1. The number of aromatic nitrogens is 1. The maximum absolute atomic E-state index is 11.9. The van der Waals surface area contributed by atoms with Gasteiger partial charge in [-0.25, -0.2) is 4.98 Å². The van der Waals surface area contributed by atoms with E-state index in [-0.39, 0.29) is 5.91 Å². The minimum absolute atomic E-state index is 0.231. The van der Waals surface area contributed by atoms with Crippen LogP contribution in [-0.4, -0.2) is 80.9 Å². The van der Waals surface area contributed by atoms with Crippen LogP contribution in [0.2, 0.25) is 0 Å². The molecule has 3 fully saturated rings. The number of ether oxygens (including phenoxy) is 1. The van der Waals surface area contributed by atoms with Gasteiger partial charge in [0, 0.05) is 51.7 Å². The highest BCUT2D eigenvalue weighted by Gasteiger charge is 2.25. The van der Waals surface area contributed by atoms with Crippen LogP contribution in [0.15, 0.2) is 42.5 Å². The Morgan fingerprint density at radius 1 is 0.895 bits per heavy atom. The molecule has 5 rings (SSSR count). The van der Waals surface area contributed by atoms with E-state index in [0.717, 1.165) is 89.3 Å². The molecule has 38 heavy (non-hydrogen) atoms. The molecule has 0 bridgehead atoms. The van der Waals surface area contributed by atoms with E-state index in [9.17, 15) is 4.79 Å². The van der Waals surface area contributed by atoms with Gasteiger partial charge in [0.25, 0.3) is 0 Å². The van der Waals surface area contributed by atoms with Crippen LogP contribution in [0.3, 0.4) is 0 Å². The van der Waals surface area contributed by atoms with Gasteiger partial charge in [-0.15, -0.1) is 0 Å². The molecular formula is C31H45N5O2. The molecule has 7 heteroatoms. The van der Waals surface area contributed by atoms with Crippen LogP contribution in [0.4, 0.5) is 11.6 Å². The standard InChI is InChI=1S/C31H45N5O2/c1-2-6-31(37)32-28-11-9-25(10-12-28)13-14-34-15-17-35(18-16-34)29-23-27(26-7-4-3-5-8-26)24-30(33-29)36-19-21-38-22-20-36/h3-5,7-8,23-25,28H,2,6,9-22H2,1H3,(H,32,37). The van der Waals surface area contributed by atoms with Crippen molar-refractivity contribution in [2.75, 3.05) is 68.8 Å². The highest BCUT2D eigenvalue weighted by Crippen LogP contribution is 2.30. The summed E-state index contributed by atoms with van der Waals surface area (Å²) in [4.78, 5) is 24.5. The van der Waals surface area contributed by atoms with Crippen LogP contribution < -0.4 is 15.1 Å². The van der Waals surface area contributed by atoms with Gasteiger partial charge in [-0.05, 0) is 74.2 Å². The Kier molecular flexibility index (Phi) is 9.52. The summed E-state index contributed by atoms with van der Waals surface area (Å²) in [6.45, 7) is 10.8. The first-order valence-electron chi connectivity index (χ1n) is 14.8. The summed E-state index contributed by atoms with van der Waals surface area (Å²) < 4.78 is 5.59. The molecule has 0 spiro atoms. The maximum Gasteiger partial charge on any atom is 0.220 e. The van der Waals surface area contributed by atoms with E-state index in [4.69, 9.17) is 9.72 Å². The summed E-state index contributed by atoms with van der Waals surface area (Å²) >= 11 is 0. The van der Waals surface area contributed by atoms with Gasteiger partial charge in [-0.2, -0.15) is 0 Å². The van der Waals surface area contributed by atoms with E-state index < -0.39 is 0 Å². The molecule has 1 amide bonds. The van der Waals surface area contributed by atoms with Gasteiger partial charge in [-0.1, -0.05) is 37.3 Å². The number of piperazine rings is 1. The monoisotopic (exact) mass is 519 g/mol. The first-order chi connectivity index (χ1) is 18.7. The van der Waals surface area contributed by atoms with Crippen LogP contribution >= 0.6 is 0 Å². The minimum Gasteiger partial charge on any atom is -0.378 e. The molecule has 1 aromatic carbocycles. The molecule has 2 aliphatic heterocycles. The van der Waals surface area contributed by atoms with E-state index in [1.807, 2.05) is 0 Å². The molecule has 0 unspecified atom stereocenters.